The average molecular weight is 279 g/mol. The van der Waals surface area contributed by atoms with E-state index in [4.69, 9.17) is 10.5 Å². The van der Waals surface area contributed by atoms with Gasteiger partial charge in [0.05, 0.1) is 7.11 Å². The Morgan fingerprint density at radius 1 is 1.59 bits per heavy atom. The van der Waals surface area contributed by atoms with Crippen LogP contribution in [0.15, 0.2) is 6.07 Å². The SMILES string of the molecule is COc1cc(C)sc1C(=O)NCC(C)(C)N.Cl. The van der Waals surface area contributed by atoms with Crippen LogP contribution in [0, 0.1) is 6.92 Å². The first-order chi connectivity index (χ1) is 7.33. The highest BCUT2D eigenvalue weighted by atomic mass is 35.5. The zero-order chi connectivity index (χ0) is 12.3. The van der Waals surface area contributed by atoms with Crippen molar-refractivity contribution < 1.29 is 9.53 Å². The van der Waals surface area contributed by atoms with E-state index in [1.807, 2.05) is 26.8 Å². The minimum Gasteiger partial charge on any atom is -0.495 e. The predicted octanol–water partition coefficient (Wildman–Crippen LogP) is 1.95. The van der Waals surface area contributed by atoms with Crippen LogP contribution in [0.2, 0.25) is 0 Å². The van der Waals surface area contributed by atoms with E-state index in [0.717, 1.165) is 4.88 Å². The van der Waals surface area contributed by atoms with Gasteiger partial charge >= 0.3 is 0 Å². The zero-order valence-electron chi connectivity index (χ0n) is 10.5. The molecule has 0 aliphatic heterocycles. The summed E-state index contributed by atoms with van der Waals surface area (Å²) in [4.78, 5) is 13.5. The van der Waals surface area contributed by atoms with Gasteiger partial charge in [-0.25, -0.2) is 0 Å². The van der Waals surface area contributed by atoms with Gasteiger partial charge in [0.1, 0.15) is 10.6 Å². The summed E-state index contributed by atoms with van der Waals surface area (Å²) in [7, 11) is 1.56. The van der Waals surface area contributed by atoms with E-state index in [1.54, 1.807) is 7.11 Å². The second kappa shape index (κ2) is 6.23. The van der Waals surface area contributed by atoms with E-state index in [9.17, 15) is 4.79 Å². The predicted molar refractivity (Wildman–Crippen MR) is 73.5 cm³/mol. The van der Waals surface area contributed by atoms with Gasteiger partial charge in [-0.05, 0) is 26.8 Å². The molecule has 1 aromatic heterocycles. The Morgan fingerprint density at radius 2 is 2.18 bits per heavy atom. The number of methoxy groups -OCH3 is 1. The molecular formula is C11H19ClN2O2S. The minimum absolute atomic E-state index is 0. The molecule has 0 spiro atoms. The quantitative estimate of drug-likeness (QED) is 0.885. The molecule has 0 bridgehead atoms. The standard InChI is InChI=1S/C11H18N2O2S.ClH/c1-7-5-8(15-4)9(16-7)10(14)13-6-11(2,3)12;/h5H,6,12H2,1-4H3,(H,13,14);1H. The van der Waals surface area contributed by atoms with Crippen molar-refractivity contribution in [3.05, 3.63) is 15.8 Å². The fourth-order valence-electron chi connectivity index (χ4n) is 1.19. The Morgan fingerprint density at radius 3 is 2.65 bits per heavy atom. The monoisotopic (exact) mass is 278 g/mol. The molecule has 0 atom stereocenters. The van der Waals surface area contributed by atoms with Crippen molar-refractivity contribution in [3.63, 3.8) is 0 Å². The van der Waals surface area contributed by atoms with Crippen molar-refractivity contribution in [3.8, 4) is 5.75 Å². The van der Waals surface area contributed by atoms with E-state index in [2.05, 4.69) is 5.32 Å². The van der Waals surface area contributed by atoms with E-state index < -0.39 is 5.54 Å². The van der Waals surface area contributed by atoms with E-state index in [-0.39, 0.29) is 18.3 Å². The third kappa shape index (κ3) is 4.93. The van der Waals surface area contributed by atoms with E-state index in [1.165, 1.54) is 11.3 Å². The van der Waals surface area contributed by atoms with Gasteiger partial charge in [-0.15, -0.1) is 23.7 Å². The molecule has 0 aliphatic carbocycles. The van der Waals surface area contributed by atoms with Gasteiger partial charge in [-0.3, -0.25) is 4.79 Å². The van der Waals surface area contributed by atoms with Crippen LogP contribution in [0.5, 0.6) is 5.75 Å². The molecule has 98 valence electrons. The second-order valence-corrected chi connectivity index (χ2v) is 5.68. The number of halogens is 1. The first-order valence-electron chi connectivity index (χ1n) is 5.05. The van der Waals surface area contributed by atoms with Crippen molar-refractivity contribution in [2.75, 3.05) is 13.7 Å². The number of nitrogens with two attached hydrogens (primary N) is 1. The fraction of sp³-hybridized carbons (Fsp3) is 0.545. The molecule has 1 amide bonds. The lowest BCUT2D eigenvalue weighted by atomic mass is 10.1. The first kappa shape index (κ1) is 16.2. The Kier molecular flexibility index (Phi) is 5.95. The number of thiophene rings is 1. The highest BCUT2D eigenvalue weighted by Crippen LogP contribution is 2.28. The third-order valence-corrected chi connectivity index (χ3v) is 2.98. The normalized spacial score (nSPS) is 10.6. The summed E-state index contributed by atoms with van der Waals surface area (Å²) < 4.78 is 5.14. The number of hydrogen-bond donors (Lipinski definition) is 2. The summed E-state index contributed by atoms with van der Waals surface area (Å²) in [6, 6.07) is 1.85. The van der Waals surface area contributed by atoms with Crippen LogP contribution in [0.1, 0.15) is 28.4 Å². The lowest BCUT2D eigenvalue weighted by Gasteiger charge is -2.18. The molecule has 1 aromatic rings. The average Bonchev–Trinajstić information content (AvgIpc) is 2.55. The highest BCUT2D eigenvalue weighted by molar-refractivity contribution is 7.14. The van der Waals surface area contributed by atoms with E-state index in [0.29, 0.717) is 17.2 Å². The first-order valence-corrected chi connectivity index (χ1v) is 5.86. The van der Waals surface area contributed by atoms with Gasteiger partial charge in [0.2, 0.25) is 0 Å². The molecular weight excluding hydrogens is 260 g/mol. The van der Waals surface area contributed by atoms with Gasteiger partial charge in [0.15, 0.2) is 0 Å². The Labute approximate surface area is 112 Å². The molecule has 0 radical (unpaired) electrons. The van der Waals surface area contributed by atoms with Gasteiger partial charge in [-0.1, -0.05) is 0 Å². The van der Waals surface area contributed by atoms with Crippen LogP contribution in [0.4, 0.5) is 0 Å². The van der Waals surface area contributed by atoms with Crippen molar-refractivity contribution >= 4 is 29.7 Å². The van der Waals surface area contributed by atoms with Gasteiger partial charge < -0.3 is 15.8 Å². The number of ether oxygens (including phenoxy) is 1. The molecule has 3 N–H and O–H groups in total. The molecule has 6 heteroatoms. The maximum absolute atomic E-state index is 11.8. The van der Waals surface area contributed by atoms with Crippen LogP contribution in [0.25, 0.3) is 0 Å². The minimum atomic E-state index is -0.408. The highest BCUT2D eigenvalue weighted by Gasteiger charge is 2.18. The largest absolute Gasteiger partial charge is 0.495 e. The van der Waals surface area contributed by atoms with Gasteiger partial charge in [-0.2, -0.15) is 0 Å². The second-order valence-electron chi connectivity index (χ2n) is 4.43. The summed E-state index contributed by atoms with van der Waals surface area (Å²) in [5, 5.41) is 2.79. The summed E-state index contributed by atoms with van der Waals surface area (Å²) in [5.74, 6) is 0.489. The Hall–Kier alpha value is -0.780. The molecule has 1 rings (SSSR count). The molecule has 4 nitrogen and oxygen atoms in total. The molecule has 0 fully saturated rings. The van der Waals surface area contributed by atoms with Crippen molar-refractivity contribution in [1.29, 1.82) is 0 Å². The maximum atomic E-state index is 11.8. The summed E-state index contributed by atoms with van der Waals surface area (Å²) in [6.07, 6.45) is 0. The van der Waals surface area contributed by atoms with Crippen LogP contribution in [-0.2, 0) is 0 Å². The molecule has 0 saturated heterocycles. The maximum Gasteiger partial charge on any atom is 0.265 e. The number of carbonyl (C=O) groups excluding carboxylic acids is 1. The number of rotatable bonds is 4. The number of nitrogens with one attached hydrogen (secondary N) is 1. The van der Waals surface area contributed by atoms with Crippen molar-refractivity contribution in [2.24, 2.45) is 5.73 Å². The zero-order valence-corrected chi connectivity index (χ0v) is 12.1. The van der Waals surface area contributed by atoms with E-state index >= 15 is 0 Å². The number of aryl methyl sites for hydroxylation is 1. The van der Waals surface area contributed by atoms with Crippen molar-refractivity contribution in [2.45, 2.75) is 26.3 Å². The summed E-state index contributed by atoms with van der Waals surface area (Å²) in [6.45, 7) is 6.11. The lowest BCUT2D eigenvalue weighted by Crippen LogP contribution is -2.45. The molecule has 0 aromatic carbocycles. The Bertz CT molecular complexity index is 385. The van der Waals surface area contributed by atoms with Crippen LogP contribution in [0.3, 0.4) is 0 Å². The fourth-order valence-corrected chi connectivity index (χ4v) is 2.08. The molecule has 0 unspecified atom stereocenters. The third-order valence-electron chi connectivity index (χ3n) is 1.95. The number of carbonyl (C=O) groups is 1. The van der Waals surface area contributed by atoms with Crippen LogP contribution < -0.4 is 15.8 Å². The summed E-state index contributed by atoms with van der Waals surface area (Å²) >= 11 is 1.42. The smallest absolute Gasteiger partial charge is 0.265 e. The number of amides is 1. The Balaban J connectivity index is 0.00000256. The number of hydrogen-bond acceptors (Lipinski definition) is 4. The lowest BCUT2D eigenvalue weighted by molar-refractivity contribution is 0.0947. The van der Waals surface area contributed by atoms with Crippen LogP contribution in [-0.4, -0.2) is 25.1 Å². The van der Waals surface area contributed by atoms with Gasteiger partial charge in [0.25, 0.3) is 5.91 Å². The molecule has 0 aliphatic rings. The summed E-state index contributed by atoms with van der Waals surface area (Å²) in [5.41, 5.74) is 5.39. The molecule has 0 saturated carbocycles. The van der Waals surface area contributed by atoms with Gasteiger partial charge in [0, 0.05) is 17.0 Å². The topological polar surface area (TPSA) is 64.3 Å². The van der Waals surface area contributed by atoms with Crippen molar-refractivity contribution in [1.82, 2.24) is 5.32 Å². The van der Waals surface area contributed by atoms with Crippen LogP contribution >= 0.6 is 23.7 Å². The molecule has 1 heterocycles. The molecule has 17 heavy (non-hydrogen) atoms.